The standard InChI is InChI=1S/C23H28N4O2/c1-16(27-14-11-17-7-3-4-8-21(17)27)23(29)25-20-10-9-18(15-19(20)22(24)28)26-12-5-2-6-13-26/h3-4,7-10,15-16H,2,5-6,11-14H2,1H3,(H2,24,28)(H,25,29). The first-order chi connectivity index (χ1) is 14.0. The SMILES string of the molecule is CC(C(=O)Nc1ccc(N2CCCCC2)cc1C(N)=O)N1CCc2ccccc21. The van der Waals surface area contributed by atoms with Crippen LogP contribution in [0.3, 0.4) is 0 Å². The Bertz CT molecular complexity index is 921. The molecule has 0 aliphatic carbocycles. The molecule has 0 aromatic heterocycles. The van der Waals surface area contributed by atoms with Crippen LogP contribution in [0.1, 0.15) is 42.1 Å². The molecule has 2 amide bonds. The van der Waals surface area contributed by atoms with Gasteiger partial charge in [-0.3, -0.25) is 9.59 Å². The Hall–Kier alpha value is -3.02. The fourth-order valence-corrected chi connectivity index (χ4v) is 4.34. The van der Waals surface area contributed by atoms with Crippen LogP contribution in [0.25, 0.3) is 0 Å². The number of nitrogens with two attached hydrogens (primary N) is 1. The summed E-state index contributed by atoms with van der Waals surface area (Å²) in [7, 11) is 0. The summed E-state index contributed by atoms with van der Waals surface area (Å²) in [5.41, 5.74) is 9.81. The highest BCUT2D eigenvalue weighted by Crippen LogP contribution is 2.30. The van der Waals surface area contributed by atoms with Gasteiger partial charge in [-0.2, -0.15) is 0 Å². The maximum Gasteiger partial charge on any atom is 0.250 e. The van der Waals surface area contributed by atoms with Gasteiger partial charge in [-0.15, -0.1) is 0 Å². The normalized spacial score (nSPS) is 17.0. The molecule has 6 heteroatoms. The zero-order chi connectivity index (χ0) is 20.4. The van der Waals surface area contributed by atoms with Crippen LogP contribution in [-0.2, 0) is 11.2 Å². The minimum atomic E-state index is -0.529. The van der Waals surface area contributed by atoms with Crippen LogP contribution < -0.4 is 20.9 Å². The number of para-hydroxylation sites is 1. The second kappa shape index (κ2) is 8.15. The average Bonchev–Trinajstić information content (AvgIpc) is 3.18. The minimum absolute atomic E-state index is 0.144. The fourth-order valence-electron chi connectivity index (χ4n) is 4.34. The summed E-state index contributed by atoms with van der Waals surface area (Å²) in [5, 5.41) is 2.93. The summed E-state index contributed by atoms with van der Waals surface area (Å²) >= 11 is 0. The number of carbonyl (C=O) groups is 2. The van der Waals surface area contributed by atoms with E-state index in [-0.39, 0.29) is 11.9 Å². The number of hydrogen-bond donors (Lipinski definition) is 2. The smallest absolute Gasteiger partial charge is 0.250 e. The van der Waals surface area contributed by atoms with Crippen LogP contribution in [0.15, 0.2) is 42.5 Å². The van der Waals surface area contributed by atoms with Crippen LogP contribution >= 0.6 is 0 Å². The molecule has 29 heavy (non-hydrogen) atoms. The third-order valence-corrected chi connectivity index (χ3v) is 6.02. The number of benzene rings is 2. The second-order valence-corrected chi connectivity index (χ2v) is 7.88. The zero-order valence-corrected chi connectivity index (χ0v) is 16.9. The van der Waals surface area contributed by atoms with Gasteiger partial charge in [0.15, 0.2) is 0 Å². The second-order valence-electron chi connectivity index (χ2n) is 7.88. The lowest BCUT2D eigenvalue weighted by atomic mass is 10.1. The molecule has 2 aromatic carbocycles. The van der Waals surface area contributed by atoms with Gasteiger partial charge in [-0.1, -0.05) is 18.2 Å². The molecule has 0 spiro atoms. The largest absolute Gasteiger partial charge is 0.372 e. The van der Waals surface area contributed by atoms with E-state index in [2.05, 4.69) is 21.2 Å². The number of anilines is 3. The van der Waals surface area contributed by atoms with E-state index < -0.39 is 5.91 Å². The molecule has 4 rings (SSSR count). The first kappa shape index (κ1) is 19.3. The highest BCUT2D eigenvalue weighted by molar-refractivity contribution is 6.05. The Balaban J connectivity index is 1.52. The topological polar surface area (TPSA) is 78.7 Å². The lowest BCUT2D eigenvalue weighted by Gasteiger charge is -2.29. The van der Waals surface area contributed by atoms with E-state index in [1.807, 2.05) is 31.2 Å². The van der Waals surface area contributed by atoms with Crippen LogP contribution in [0, 0.1) is 0 Å². The van der Waals surface area contributed by atoms with Crippen molar-refractivity contribution >= 4 is 28.9 Å². The Kier molecular flexibility index (Phi) is 5.43. The van der Waals surface area contributed by atoms with E-state index in [9.17, 15) is 9.59 Å². The van der Waals surface area contributed by atoms with Crippen molar-refractivity contribution in [1.29, 1.82) is 0 Å². The molecule has 0 bridgehead atoms. The van der Waals surface area contributed by atoms with Crippen molar-refractivity contribution in [2.24, 2.45) is 5.73 Å². The van der Waals surface area contributed by atoms with Gasteiger partial charge in [0.2, 0.25) is 5.91 Å². The van der Waals surface area contributed by atoms with Crippen molar-refractivity contribution in [1.82, 2.24) is 0 Å². The minimum Gasteiger partial charge on any atom is -0.372 e. The van der Waals surface area contributed by atoms with Gasteiger partial charge in [0.05, 0.1) is 11.3 Å². The van der Waals surface area contributed by atoms with Crippen molar-refractivity contribution in [3.63, 3.8) is 0 Å². The van der Waals surface area contributed by atoms with Crippen LogP contribution in [0.2, 0.25) is 0 Å². The van der Waals surface area contributed by atoms with Gasteiger partial charge in [0.25, 0.3) is 5.91 Å². The van der Waals surface area contributed by atoms with E-state index in [4.69, 9.17) is 5.73 Å². The molecule has 0 saturated carbocycles. The van der Waals surface area contributed by atoms with Crippen LogP contribution in [0.5, 0.6) is 0 Å². The van der Waals surface area contributed by atoms with Gasteiger partial charge in [0, 0.05) is 31.0 Å². The molecular weight excluding hydrogens is 364 g/mol. The Morgan fingerprint density at radius 3 is 2.55 bits per heavy atom. The zero-order valence-electron chi connectivity index (χ0n) is 16.9. The quantitative estimate of drug-likeness (QED) is 0.819. The number of rotatable bonds is 5. The molecule has 152 valence electrons. The van der Waals surface area contributed by atoms with E-state index in [0.29, 0.717) is 11.3 Å². The number of nitrogens with one attached hydrogen (secondary N) is 1. The fraction of sp³-hybridized carbons (Fsp3) is 0.391. The van der Waals surface area contributed by atoms with Gasteiger partial charge >= 0.3 is 0 Å². The van der Waals surface area contributed by atoms with Crippen LogP contribution in [-0.4, -0.2) is 37.5 Å². The van der Waals surface area contributed by atoms with Crippen molar-refractivity contribution in [2.75, 3.05) is 34.8 Å². The van der Waals surface area contributed by atoms with Gasteiger partial charge < -0.3 is 20.9 Å². The maximum absolute atomic E-state index is 13.0. The number of fused-ring (bicyclic) bond motifs is 1. The summed E-state index contributed by atoms with van der Waals surface area (Å²) < 4.78 is 0. The number of primary amides is 1. The molecule has 3 N–H and O–H groups in total. The number of hydrogen-bond acceptors (Lipinski definition) is 4. The Labute approximate surface area is 171 Å². The molecule has 2 aliphatic heterocycles. The number of carbonyl (C=O) groups excluding carboxylic acids is 2. The molecule has 1 unspecified atom stereocenters. The van der Waals surface area contributed by atoms with Crippen molar-refractivity contribution in [2.45, 2.75) is 38.6 Å². The first-order valence-electron chi connectivity index (χ1n) is 10.4. The number of amides is 2. The third kappa shape index (κ3) is 3.92. The van der Waals surface area contributed by atoms with Crippen LogP contribution in [0.4, 0.5) is 17.1 Å². The molecule has 2 aromatic rings. The molecule has 2 heterocycles. The Morgan fingerprint density at radius 2 is 1.79 bits per heavy atom. The lowest BCUT2D eigenvalue weighted by Crippen LogP contribution is -2.41. The monoisotopic (exact) mass is 392 g/mol. The summed E-state index contributed by atoms with van der Waals surface area (Å²) in [6, 6.07) is 13.4. The van der Waals surface area contributed by atoms with Crippen molar-refractivity contribution in [3.05, 3.63) is 53.6 Å². The predicted molar refractivity (Wildman–Crippen MR) is 117 cm³/mol. The molecule has 1 atom stereocenters. The molecular formula is C23H28N4O2. The van der Waals surface area contributed by atoms with E-state index >= 15 is 0 Å². The van der Waals surface area contributed by atoms with E-state index in [1.165, 1.54) is 12.0 Å². The van der Waals surface area contributed by atoms with Crippen molar-refractivity contribution < 1.29 is 9.59 Å². The van der Waals surface area contributed by atoms with Gasteiger partial charge in [-0.05, 0) is 62.4 Å². The van der Waals surface area contributed by atoms with E-state index in [0.717, 1.165) is 50.3 Å². The molecule has 1 saturated heterocycles. The summed E-state index contributed by atoms with van der Waals surface area (Å²) in [6.07, 6.45) is 4.48. The first-order valence-corrected chi connectivity index (χ1v) is 10.4. The summed E-state index contributed by atoms with van der Waals surface area (Å²) in [6.45, 7) is 4.67. The molecule has 1 fully saturated rings. The van der Waals surface area contributed by atoms with Crippen molar-refractivity contribution in [3.8, 4) is 0 Å². The third-order valence-electron chi connectivity index (χ3n) is 6.02. The summed E-state index contributed by atoms with van der Waals surface area (Å²) in [4.78, 5) is 29.4. The molecule has 2 aliphatic rings. The molecule has 0 radical (unpaired) electrons. The Morgan fingerprint density at radius 1 is 1.03 bits per heavy atom. The lowest BCUT2D eigenvalue weighted by molar-refractivity contribution is -0.117. The highest BCUT2D eigenvalue weighted by Gasteiger charge is 2.28. The highest BCUT2D eigenvalue weighted by atomic mass is 16.2. The number of piperidine rings is 1. The summed E-state index contributed by atoms with van der Waals surface area (Å²) in [5.74, 6) is -0.673. The average molecular weight is 393 g/mol. The predicted octanol–water partition coefficient (Wildman–Crippen LogP) is 3.17. The maximum atomic E-state index is 13.0. The van der Waals surface area contributed by atoms with Gasteiger partial charge in [-0.25, -0.2) is 0 Å². The van der Waals surface area contributed by atoms with Gasteiger partial charge in [0.1, 0.15) is 6.04 Å². The molecule has 6 nitrogen and oxygen atoms in total. The number of nitrogens with zero attached hydrogens (tertiary/aromatic N) is 2. The van der Waals surface area contributed by atoms with E-state index in [1.54, 1.807) is 12.1 Å².